The second-order valence-electron chi connectivity index (χ2n) is 6.01. The van der Waals surface area contributed by atoms with E-state index in [2.05, 4.69) is 43.7 Å². The molecule has 1 aromatic heterocycles. The van der Waals surface area contributed by atoms with Crippen LogP contribution in [-0.2, 0) is 6.54 Å². The van der Waals surface area contributed by atoms with E-state index in [1.165, 1.54) is 5.56 Å². The predicted octanol–water partition coefficient (Wildman–Crippen LogP) is 4.28. The lowest BCUT2D eigenvalue weighted by molar-refractivity contribution is 0.475. The van der Waals surface area contributed by atoms with Crippen LogP contribution in [0.2, 0.25) is 0 Å². The zero-order chi connectivity index (χ0) is 16.7. The highest BCUT2D eigenvalue weighted by molar-refractivity contribution is 9.10. The number of benzene rings is 2. The number of fused-ring (bicyclic) bond motifs is 3. The molecule has 0 bridgehead atoms. The topological polar surface area (TPSA) is 63.0 Å². The summed E-state index contributed by atoms with van der Waals surface area (Å²) in [5.41, 5.74) is 5.28. The molecule has 4 rings (SSSR count). The maximum atomic E-state index is 9.71. The Balaban J connectivity index is 1.80. The Morgan fingerprint density at radius 1 is 1.25 bits per heavy atom. The molecular weight excluding hydrogens is 368 g/mol. The maximum absolute atomic E-state index is 9.71. The minimum atomic E-state index is 0.125. The molecule has 2 aromatic carbocycles. The molecule has 0 amide bonds. The summed E-state index contributed by atoms with van der Waals surface area (Å²) in [4.78, 5) is 0. The number of aromatic nitrogens is 3. The van der Waals surface area contributed by atoms with Crippen LogP contribution in [0.5, 0.6) is 5.75 Å². The average molecular weight is 385 g/mol. The van der Waals surface area contributed by atoms with E-state index in [1.54, 1.807) is 12.1 Å². The van der Waals surface area contributed by atoms with Crippen molar-refractivity contribution in [2.45, 2.75) is 25.9 Å². The molecule has 1 aliphatic rings. The van der Waals surface area contributed by atoms with Crippen molar-refractivity contribution >= 4 is 21.6 Å². The number of phenols is 1. The largest absolute Gasteiger partial charge is 0.508 e. The molecule has 1 unspecified atom stereocenters. The minimum Gasteiger partial charge on any atom is -0.508 e. The lowest BCUT2D eigenvalue weighted by atomic mass is 9.96. The third kappa shape index (κ3) is 2.67. The van der Waals surface area contributed by atoms with E-state index in [4.69, 9.17) is 0 Å². The molecule has 2 N–H and O–H groups in total. The van der Waals surface area contributed by atoms with E-state index in [9.17, 15) is 5.11 Å². The Morgan fingerprint density at radius 3 is 2.96 bits per heavy atom. The molecule has 0 saturated heterocycles. The number of anilines is 1. The second-order valence-corrected chi connectivity index (χ2v) is 6.93. The Morgan fingerprint density at radius 2 is 2.12 bits per heavy atom. The van der Waals surface area contributed by atoms with Crippen molar-refractivity contribution in [3.63, 3.8) is 0 Å². The van der Waals surface area contributed by atoms with Crippen LogP contribution in [0, 0.1) is 6.92 Å². The number of halogens is 1. The zero-order valence-corrected chi connectivity index (χ0v) is 14.8. The first-order valence-electron chi connectivity index (χ1n) is 7.87. The number of aryl methyl sites for hydroxylation is 2. The van der Waals surface area contributed by atoms with Gasteiger partial charge in [-0.25, -0.2) is 4.68 Å². The van der Waals surface area contributed by atoms with Crippen molar-refractivity contribution in [3.8, 4) is 17.0 Å². The van der Waals surface area contributed by atoms with Gasteiger partial charge in [0.1, 0.15) is 5.75 Å². The van der Waals surface area contributed by atoms with Crippen LogP contribution in [0.4, 0.5) is 5.69 Å². The molecule has 122 valence electrons. The van der Waals surface area contributed by atoms with E-state index >= 15 is 0 Å². The Bertz CT molecular complexity index is 906. The summed E-state index contributed by atoms with van der Waals surface area (Å²) >= 11 is 3.58. The number of phenolic OH excluding ortho intramolecular Hbond substituents is 1. The van der Waals surface area contributed by atoms with Gasteiger partial charge in [0.05, 0.1) is 17.4 Å². The van der Waals surface area contributed by atoms with Gasteiger partial charge in [-0.15, -0.1) is 5.10 Å². The van der Waals surface area contributed by atoms with Gasteiger partial charge in [-0.2, -0.15) is 0 Å². The molecule has 5 nitrogen and oxygen atoms in total. The summed E-state index contributed by atoms with van der Waals surface area (Å²) in [5, 5.41) is 21.8. The Labute approximate surface area is 148 Å². The van der Waals surface area contributed by atoms with Crippen LogP contribution in [0.15, 0.2) is 46.9 Å². The first-order chi connectivity index (χ1) is 11.6. The standard InChI is InChI=1S/C18H17BrN4O/c1-11-18-15-6-5-12(19)9-16(15)17(7-8-23(18)22-21-11)20-13-3-2-4-14(24)10-13/h2-6,9-10,17,20,24H,7-8H2,1H3. The van der Waals surface area contributed by atoms with Gasteiger partial charge in [-0.1, -0.05) is 33.3 Å². The van der Waals surface area contributed by atoms with Crippen molar-refractivity contribution in [1.82, 2.24) is 15.0 Å². The normalized spacial score (nSPS) is 16.2. The number of nitrogens with zero attached hydrogens (tertiary/aromatic N) is 3. The van der Waals surface area contributed by atoms with Crippen molar-refractivity contribution in [2.24, 2.45) is 0 Å². The highest BCUT2D eigenvalue weighted by atomic mass is 79.9. The van der Waals surface area contributed by atoms with Gasteiger partial charge >= 0.3 is 0 Å². The van der Waals surface area contributed by atoms with Crippen LogP contribution in [0.1, 0.15) is 23.7 Å². The fourth-order valence-electron chi connectivity index (χ4n) is 3.28. The molecule has 2 heterocycles. The highest BCUT2D eigenvalue weighted by Gasteiger charge is 2.25. The van der Waals surface area contributed by atoms with Crippen LogP contribution in [0.25, 0.3) is 11.3 Å². The first kappa shape index (κ1) is 15.2. The van der Waals surface area contributed by atoms with Gasteiger partial charge in [0.15, 0.2) is 0 Å². The van der Waals surface area contributed by atoms with E-state index in [0.29, 0.717) is 0 Å². The van der Waals surface area contributed by atoms with Gasteiger partial charge in [-0.05, 0) is 43.2 Å². The molecule has 0 aliphatic carbocycles. The van der Waals surface area contributed by atoms with Crippen molar-refractivity contribution in [1.29, 1.82) is 0 Å². The van der Waals surface area contributed by atoms with Crippen LogP contribution >= 0.6 is 15.9 Å². The molecule has 0 radical (unpaired) electrons. The molecule has 3 aromatic rings. The maximum Gasteiger partial charge on any atom is 0.117 e. The fourth-order valence-corrected chi connectivity index (χ4v) is 3.66. The lowest BCUT2D eigenvalue weighted by Gasteiger charge is -2.21. The molecule has 0 saturated carbocycles. The van der Waals surface area contributed by atoms with Crippen LogP contribution in [0.3, 0.4) is 0 Å². The van der Waals surface area contributed by atoms with E-state index in [1.807, 2.05) is 29.8 Å². The van der Waals surface area contributed by atoms with Gasteiger partial charge in [0, 0.05) is 28.3 Å². The third-order valence-electron chi connectivity index (χ3n) is 4.36. The molecule has 0 spiro atoms. The van der Waals surface area contributed by atoms with Crippen LogP contribution < -0.4 is 5.32 Å². The SMILES string of the molecule is Cc1nnn2c1-c1ccc(Br)cc1C(Nc1cccc(O)c1)CC2. The van der Waals surface area contributed by atoms with Gasteiger partial charge < -0.3 is 10.4 Å². The number of nitrogens with one attached hydrogen (secondary N) is 1. The minimum absolute atomic E-state index is 0.125. The monoisotopic (exact) mass is 384 g/mol. The summed E-state index contributed by atoms with van der Waals surface area (Å²) in [6, 6.07) is 13.7. The Kier molecular flexibility index (Phi) is 3.76. The smallest absolute Gasteiger partial charge is 0.117 e. The first-order valence-corrected chi connectivity index (χ1v) is 8.66. The summed E-state index contributed by atoms with van der Waals surface area (Å²) < 4.78 is 3.02. The zero-order valence-electron chi connectivity index (χ0n) is 13.2. The quantitative estimate of drug-likeness (QED) is 0.691. The molecular formula is C18H17BrN4O. The van der Waals surface area contributed by atoms with Crippen molar-refractivity contribution < 1.29 is 5.11 Å². The molecule has 24 heavy (non-hydrogen) atoms. The van der Waals surface area contributed by atoms with Crippen molar-refractivity contribution in [2.75, 3.05) is 5.32 Å². The van der Waals surface area contributed by atoms with Gasteiger partial charge in [0.2, 0.25) is 0 Å². The molecule has 6 heteroatoms. The summed E-state index contributed by atoms with van der Waals surface area (Å²) in [5.74, 6) is 0.260. The fraction of sp³-hybridized carbons (Fsp3) is 0.222. The van der Waals surface area contributed by atoms with E-state index in [-0.39, 0.29) is 11.8 Å². The van der Waals surface area contributed by atoms with E-state index < -0.39 is 0 Å². The summed E-state index contributed by atoms with van der Waals surface area (Å²) in [7, 11) is 0. The average Bonchev–Trinajstić information content (AvgIpc) is 2.84. The summed E-state index contributed by atoms with van der Waals surface area (Å²) in [6.07, 6.45) is 0.884. The summed E-state index contributed by atoms with van der Waals surface area (Å²) in [6.45, 7) is 2.78. The number of hydrogen-bond donors (Lipinski definition) is 2. The van der Waals surface area contributed by atoms with Crippen LogP contribution in [-0.4, -0.2) is 20.1 Å². The predicted molar refractivity (Wildman–Crippen MR) is 97.0 cm³/mol. The third-order valence-corrected chi connectivity index (χ3v) is 4.86. The molecule has 1 aliphatic heterocycles. The van der Waals surface area contributed by atoms with Crippen molar-refractivity contribution in [3.05, 3.63) is 58.2 Å². The van der Waals surface area contributed by atoms with Gasteiger partial charge in [0.25, 0.3) is 0 Å². The lowest BCUT2D eigenvalue weighted by Crippen LogP contribution is -2.12. The Hall–Kier alpha value is -2.34. The number of rotatable bonds is 2. The number of aromatic hydroxyl groups is 1. The number of hydrogen-bond acceptors (Lipinski definition) is 4. The highest BCUT2D eigenvalue weighted by Crippen LogP contribution is 2.38. The van der Waals surface area contributed by atoms with Gasteiger partial charge in [-0.3, -0.25) is 0 Å². The molecule has 0 fully saturated rings. The second kappa shape index (κ2) is 5.94. The van der Waals surface area contributed by atoms with E-state index in [0.717, 1.165) is 40.1 Å². The molecule has 1 atom stereocenters.